The number of nitro groups is 1. The van der Waals surface area contributed by atoms with Gasteiger partial charge in [0, 0.05) is 19.2 Å². The summed E-state index contributed by atoms with van der Waals surface area (Å²) in [6.45, 7) is 1.29. The smallest absolute Gasteiger partial charge is 0.304 e. The average molecular weight is 287 g/mol. The van der Waals surface area contributed by atoms with Crippen LogP contribution < -0.4 is 10.6 Å². The van der Waals surface area contributed by atoms with Gasteiger partial charge in [0.25, 0.3) is 0 Å². The van der Waals surface area contributed by atoms with Crippen molar-refractivity contribution in [2.24, 2.45) is 0 Å². The zero-order valence-corrected chi connectivity index (χ0v) is 11.3. The van der Waals surface area contributed by atoms with Crippen molar-refractivity contribution < 1.29 is 9.31 Å². The number of hydrogen-bond donors (Lipinski definition) is 1. The zero-order valence-electron chi connectivity index (χ0n) is 11.3. The van der Waals surface area contributed by atoms with Crippen molar-refractivity contribution in [3.05, 3.63) is 63.5 Å². The van der Waals surface area contributed by atoms with E-state index >= 15 is 0 Å². The maximum atomic E-state index is 13.7. The first-order valence-electron chi connectivity index (χ1n) is 6.61. The first kappa shape index (κ1) is 13.4. The molecule has 0 fully saturated rings. The maximum absolute atomic E-state index is 13.7. The molecular weight excluding hydrogens is 273 g/mol. The van der Waals surface area contributed by atoms with Crippen molar-refractivity contribution in [2.45, 2.75) is 13.0 Å². The first-order valence-corrected chi connectivity index (χ1v) is 6.61. The predicted molar refractivity (Wildman–Crippen MR) is 78.7 cm³/mol. The molecule has 3 rings (SSSR count). The van der Waals surface area contributed by atoms with E-state index in [0.29, 0.717) is 17.8 Å². The molecule has 2 aromatic carbocycles. The van der Waals surface area contributed by atoms with Crippen LogP contribution in [0.15, 0.2) is 36.4 Å². The lowest BCUT2D eigenvalue weighted by Crippen LogP contribution is -2.20. The lowest BCUT2D eigenvalue weighted by Gasteiger charge is -2.21. The standard InChI is InChI=1S/C15H14FN3O2/c16-12-8-10(4-5-14(12)19(20)21)9-18-7-6-11-2-1-3-13(17)15(11)18/h1-5,8H,6-7,9,17H2. The third kappa shape index (κ3) is 2.40. The summed E-state index contributed by atoms with van der Waals surface area (Å²) < 4.78 is 13.7. The van der Waals surface area contributed by atoms with Crippen LogP contribution in [0.1, 0.15) is 11.1 Å². The van der Waals surface area contributed by atoms with E-state index in [2.05, 4.69) is 4.90 Å². The molecule has 0 amide bonds. The van der Waals surface area contributed by atoms with Gasteiger partial charge in [0.2, 0.25) is 5.82 Å². The van der Waals surface area contributed by atoms with Crippen LogP contribution in [0.2, 0.25) is 0 Å². The molecule has 21 heavy (non-hydrogen) atoms. The number of nitro benzene ring substituents is 1. The molecule has 2 aromatic rings. The van der Waals surface area contributed by atoms with Crippen LogP contribution in [-0.4, -0.2) is 11.5 Å². The van der Waals surface area contributed by atoms with Crippen molar-refractivity contribution in [3.63, 3.8) is 0 Å². The van der Waals surface area contributed by atoms with Gasteiger partial charge in [0.05, 0.1) is 16.3 Å². The molecule has 5 nitrogen and oxygen atoms in total. The molecule has 0 atom stereocenters. The van der Waals surface area contributed by atoms with Gasteiger partial charge < -0.3 is 10.6 Å². The Balaban J connectivity index is 1.87. The van der Waals surface area contributed by atoms with E-state index in [-0.39, 0.29) is 0 Å². The Labute approximate surface area is 120 Å². The lowest BCUT2D eigenvalue weighted by molar-refractivity contribution is -0.387. The Hall–Kier alpha value is -2.63. The van der Waals surface area contributed by atoms with Crippen molar-refractivity contribution in [3.8, 4) is 0 Å². The molecule has 0 aromatic heterocycles. The highest BCUT2D eigenvalue weighted by atomic mass is 19.1. The van der Waals surface area contributed by atoms with Gasteiger partial charge in [-0.1, -0.05) is 18.2 Å². The van der Waals surface area contributed by atoms with Gasteiger partial charge in [-0.2, -0.15) is 4.39 Å². The summed E-state index contributed by atoms with van der Waals surface area (Å²) in [5.74, 6) is -0.807. The predicted octanol–water partition coefficient (Wildman–Crippen LogP) is 2.88. The molecule has 0 saturated heterocycles. The monoisotopic (exact) mass is 287 g/mol. The Morgan fingerprint density at radius 3 is 2.86 bits per heavy atom. The summed E-state index contributed by atoms with van der Waals surface area (Å²) in [4.78, 5) is 12.0. The molecule has 108 valence electrons. The van der Waals surface area contributed by atoms with Crippen LogP contribution in [-0.2, 0) is 13.0 Å². The topological polar surface area (TPSA) is 72.4 Å². The molecular formula is C15H14FN3O2. The van der Waals surface area contributed by atoms with Gasteiger partial charge in [-0.15, -0.1) is 0 Å². The fraction of sp³-hybridized carbons (Fsp3) is 0.200. The third-order valence-corrected chi connectivity index (χ3v) is 3.70. The first-order chi connectivity index (χ1) is 10.1. The van der Waals surface area contributed by atoms with Crippen molar-refractivity contribution >= 4 is 17.1 Å². The number of benzene rings is 2. The van der Waals surface area contributed by atoms with Crippen molar-refractivity contribution in [2.75, 3.05) is 17.2 Å². The Morgan fingerprint density at radius 2 is 2.14 bits per heavy atom. The van der Waals surface area contributed by atoms with Gasteiger partial charge in [-0.25, -0.2) is 0 Å². The highest BCUT2D eigenvalue weighted by Gasteiger charge is 2.22. The number of rotatable bonds is 3. The molecule has 0 spiro atoms. The van der Waals surface area contributed by atoms with E-state index in [9.17, 15) is 14.5 Å². The lowest BCUT2D eigenvalue weighted by atomic mass is 10.1. The number of anilines is 2. The molecule has 1 aliphatic heterocycles. The minimum absolute atomic E-state index is 0.482. The molecule has 0 unspecified atom stereocenters. The maximum Gasteiger partial charge on any atom is 0.304 e. The van der Waals surface area contributed by atoms with E-state index < -0.39 is 16.4 Å². The van der Waals surface area contributed by atoms with Crippen LogP contribution in [0, 0.1) is 15.9 Å². The van der Waals surface area contributed by atoms with Gasteiger partial charge in [0.1, 0.15) is 0 Å². The minimum Gasteiger partial charge on any atom is -0.397 e. The minimum atomic E-state index is -0.807. The largest absolute Gasteiger partial charge is 0.397 e. The number of fused-ring (bicyclic) bond motifs is 1. The fourth-order valence-electron chi connectivity index (χ4n) is 2.74. The van der Waals surface area contributed by atoms with Crippen molar-refractivity contribution in [1.29, 1.82) is 0 Å². The highest BCUT2D eigenvalue weighted by Crippen LogP contribution is 2.34. The molecule has 1 aliphatic rings. The summed E-state index contributed by atoms with van der Waals surface area (Å²) in [7, 11) is 0. The molecule has 0 aliphatic carbocycles. The Bertz CT molecular complexity index is 718. The van der Waals surface area contributed by atoms with Gasteiger partial charge >= 0.3 is 5.69 Å². The molecule has 0 bridgehead atoms. The quantitative estimate of drug-likeness (QED) is 0.535. The van der Waals surface area contributed by atoms with E-state index in [4.69, 9.17) is 5.73 Å². The Morgan fingerprint density at radius 1 is 1.33 bits per heavy atom. The van der Waals surface area contributed by atoms with Gasteiger partial charge in [-0.3, -0.25) is 10.1 Å². The summed E-state index contributed by atoms with van der Waals surface area (Å²) in [5, 5.41) is 10.6. The second-order valence-electron chi connectivity index (χ2n) is 5.07. The highest BCUT2D eigenvalue weighted by molar-refractivity contribution is 5.74. The van der Waals surface area contributed by atoms with E-state index in [0.717, 1.165) is 18.7 Å². The number of halogens is 1. The SMILES string of the molecule is Nc1cccc2c1N(Cc1ccc([N+](=O)[O-])c(F)c1)CC2. The molecule has 0 radical (unpaired) electrons. The third-order valence-electron chi connectivity index (χ3n) is 3.70. The molecule has 6 heteroatoms. The van der Waals surface area contributed by atoms with Crippen LogP contribution in [0.4, 0.5) is 21.5 Å². The summed E-state index contributed by atoms with van der Waals surface area (Å²) in [5.41, 5.74) is 9.06. The van der Waals surface area contributed by atoms with Crippen LogP contribution in [0.3, 0.4) is 0 Å². The van der Waals surface area contributed by atoms with Gasteiger partial charge in [0.15, 0.2) is 0 Å². The summed E-state index contributed by atoms with van der Waals surface area (Å²) in [6.07, 6.45) is 0.899. The van der Waals surface area contributed by atoms with Crippen molar-refractivity contribution in [1.82, 2.24) is 0 Å². The average Bonchev–Trinajstić information content (AvgIpc) is 2.83. The second kappa shape index (κ2) is 5.05. The van der Waals surface area contributed by atoms with E-state index in [1.807, 2.05) is 18.2 Å². The number of nitrogens with two attached hydrogens (primary N) is 1. The number of nitrogens with zero attached hydrogens (tertiary/aromatic N) is 2. The van der Waals surface area contributed by atoms with Gasteiger partial charge in [-0.05, 0) is 29.7 Å². The molecule has 1 heterocycles. The van der Waals surface area contributed by atoms with E-state index in [1.165, 1.54) is 17.7 Å². The number of nitrogen functional groups attached to an aromatic ring is 1. The fourth-order valence-corrected chi connectivity index (χ4v) is 2.74. The Kier molecular flexibility index (Phi) is 3.21. The number of hydrogen-bond acceptors (Lipinski definition) is 4. The molecule has 2 N–H and O–H groups in total. The van der Waals surface area contributed by atoms with Crippen LogP contribution >= 0.6 is 0 Å². The summed E-state index contributed by atoms with van der Waals surface area (Å²) >= 11 is 0. The van der Waals surface area contributed by atoms with E-state index in [1.54, 1.807) is 6.07 Å². The zero-order chi connectivity index (χ0) is 15.0. The number of para-hydroxylation sites is 1. The summed E-state index contributed by atoms with van der Waals surface area (Å²) in [6, 6.07) is 9.79. The second-order valence-corrected chi connectivity index (χ2v) is 5.07. The van der Waals surface area contributed by atoms with Crippen LogP contribution in [0.5, 0.6) is 0 Å². The normalized spacial score (nSPS) is 13.3. The van der Waals surface area contributed by atoms with Crippen LogP contribution in [0.25, 0.3) is 0 Å². The molecule has 0 saturated carbocycles.